The van der Waals surface area contributed by atoms with Crippen LogP contribution in [0.15, 0.2) is 28.8 Å². The second-order valence-corrected chi connectivity index (χ2v) is 5.82. The number of hydrogen-bond donors (Lipinski definition) is 1. The summed E-state index contributed by atoms with van der Waals surface area (Å²) in [5.41, 5.74) is 1.13. The highest BCUT2D eigenvalue weighted by molar-refractivity contribution is 5.81. The fourth-order valence-corrected chi connectivity index (χ4v) is 2.68. The summed E-state index contributed by atoms with van der Waals surface area (Å²) in [7, 11) is 1.42. The predicted octanol–water partition coefficient (Wildman–Crippen LogP) is 2.40. The fourth-order valence-electron chi connectivity index (χ4n) is 2.68. The van der Waals surface area contributed by atoms with Crippen molar-refractivity contribution in [1.29, 1.82) is 0 Å². The van der Waals surface area contributed by atoms with Crippen molar-refractivity contribution in [2.24, 2.45) is 0 Å². The lowest BCUT2D eigenvalue weighted by molar-refractivity contribution is -0.181. The van der Waals surface area contributed by atoms with E-state index in [4.69, 9.17) is 4.84 Å². The molecule has 1 aliphatic heterocycles. The molecule has 140 valence electrons. The number of nitrogens with one attached hydrogen (secondary N) is 1. The minimum atomic E-state index is -4.68. The van der Waals surface area contributed by atoms with Gasteiger partial charge in [-0.1, -0.05) is 29.4 Å². The molecule has 0 bridgehead atoms. The number of rotatable bonds is 5. The fraction of sp³-hybridized carbons (Fsp3) is 0.438. The highest BCUT2D eigenvalue weighted by atomic mass is 19.4. The van der Waals surface area contributed by atoms with Gasteiger partial charge in [0, 0.05) is 5.56 Å². The number of carbonyl (C=O) groups is 1. The zero-order valence-corrected chi connectivity index (χ0v) is 13.9. The first-order chi connectivity index (χ1) is 12.4. The largest absolute Gasteiger partial charge is 0.471 e. The summed E-state index contributed by atoms with van der Waals surface area (Å²) in [6.07, 6.45) is -2.98. The van der Waals surface area contributed by atoms with E-state index in [9.17, 15) is 18.0 Å². The number of alkyl halides is 3. The van der Waals surface area contributed by atoms with Crippen molar-refractivity contribution in [3.8, 4) is 11.4 Å². The summed E-state index contributed by atoms with van der Waals surface area (Å²) >= 11 is 0. The first-order valence-corrected chi connectivity index (χ1v) is 7.97. The molecule has 1 aliphatic rings. The third kappa shape index (κ3) is 4.02. The highest BCUT2D eigenvalue weighted by Crippen LogP contribution is 2.29. The van der Waals surface area contributed by atoms with E-state index in [1.807, 2.05) is 0 Å². The van der Waals surface area contributed by atoms with Gasteiger partial charge < -0.3 is 9.84 Å². The third-order valence-electron chi connectivity index (χ3n) is 4.03. The molecule has 1 fully saturated rings. The Morgan fingerprint density at radius 3 is 2.65 bits per heavy atom. The van der Waals surface area contributed by atoms with Gasteiger partial charge in [-0.05, 0) is 24.9 Å². The van der Waals surface area contributed by atoms with Gasteiger partial charge in [-0.2, -0.15) is 18.2 Å². The maximum absolute atomic E-state index is 12.5. The Morgan fingerprint density at radius 1 is 1.38 bits per heavy atom. The van der Waals surface area contributed by atoms with E-state index in [-0.39, 0.29) is 24.3 Å². The molecule has 1 N–H and O–H groups in total. The van der Waals surface area contributed by atoms with Crippen molar-refractivity contribution in [1.82, 2.24) is 20.5 Å². The summed E-state index contributed by atoms with van der Waals surface area (Å²) in [6, 6.07) is 6.20. The molecule has 1 unspecified atom stereocenters. The zero-order chi connectivity index (χ0) is 18.7. The van der Waals surface area contributed by atoms with Crippen LogP contribution in [0.2, 0.25) is 0 Å². The Balaban J connectivity index is 1.68. The van der Waals surface area contributed by atoms with Crippen LogP contribution in [0.5, 0.6) is 0 Å². The minimum absolute atomic E-state index is 0.151. The topological polar surface area (TPSA) is 80.5 Å². The Kier molecular flexibility index (Phi) is 5.23. The van der Waals surface area contributed by atoms with Gasteiger partial charge in [0.2, 0.25) is 5.82 Å². The molecule has 2 heterocycles. The summed E-state index contributed by atoms with van der Waals surface area (Å²) in [5, 5.41) is 7.71. The molecule has 1 aromatic carbocycles. The zero-order valence-electron chi connectivity index (χ0n) is 13.9. The lowest BCUT2D eigenvalue weighted by Crippen LogP contribution is -2.42. The van der Waals surface area contributed by atoms with E-state index in [0.29, 0.717) is 5.56 Å². The molecule has 0 radical (unpaired) electrons. The standard InChI is InChI=1S/C16H17F3N4O3/c1-25-23(14(24)12-3-2-8-20-12)9-10-4-6-11(7-5-10)13-21-15(26-22-13)16(17,18)19/h4-7,12,20H,2-3,8-9H2,1H3. The number of benzene rings is 1. The van der Waals surface area contributed by atoms with E-state index in [1.165, 1.54) is 12.2 Å². The Bertz CT molecular complexity index is 755. The van der Waals surface area contributed by atoms with Crippen molar-refractivity contribution in [2.45, 2.75) is 31.6 Å². The number of amides is 1. The Labute approximate surface area is 147 Å². The van der Waals surface area contributed by atoms with Crippen LogP contribution in [0.4, 0.5) is 13.2 Å². The second kappa shape index (κ2) is 7.42. The van der Waals surface area contributed by atoms with Crippen molar-refractivity contribution in [2.75, 3.05) is 13.7 Å². The lowest BCUT2D eigenvalue weighted by Gasteiger charge is -2.23. The maximum Gasteiger partial charge on any atom is 0.471 e. The average molecular weight is 370 g/mol. The Morgan fingerprint density at radius 2 is 2.12 bits per heavy atom. The van der Waals surface area contributed by atoms with E-state index < -0.39 is 12.1 Å². The van der Waals surface area contributed by atoms with Gasteiger partial charge in [0.15, 0.2) is 0 Å². The van der Waals surface area contributed by atoms with Gasteiger partial charge in [-0.3, -0.25) is 9.63 Å². The van der Waals surface area contributed by atoms with Gasteiger partial charge in [-0.15, -0.1) is 0 Å². The molecule has 3 rings (SSSR count). The molecule has 26 heavy (non-hydrogen) atoms. The summed E-state index contributed by atoms with van der Waals surface area (Å²) < 4.78 is 41.8. The van der Waals surface area contributed by atoms with Gasteiger partial charge in [0.05, 0.1) is 19.7 Å². The molecular formula is C16H17F3N4O3. The summed E-state index contributed by atoms with van der Waals surface area (Å²) in [5.74, 6) is -1.70. The number of hydrogen-bond acceptors (Lipinski definition) is 6. The number of nitrogens with zero attached hydrogens (tertiary/aromatic N) is 3. The number of hydroxylamine groups is 2. The first-order valence-electron chi connectivity index (χ1n) is 7.97. The van der Waals surface area contributed by atoms with Crippen LogP contribution >= 0.6 is 0 Å². The molecule has 7 nitrogen and oxygen atoms in total. The third-order valence-corrected chi connectivity index (χ3v) is 4.03. The SMILES string of the molecule is CON(Cc1ccc(-c2noc(C(F)(F)F)n2)cc1)C(=O)C1CCCN1. The van der Waals surface area contributed by atoms with Crippen molar-refractivity contribution < 1.29 is 27.3 Å². The number of aromatic nitrogens is 2. The van der Waals surface area contributed by atoms with Gasteiger partial charge in [0.25, 0.3) is 5.91 Å². The molecular weight excluding hydrogens is 353 g/mol. The van der Waals surface area contributed by atoms with Gasteiger partial charge in [-0.25, -0.2) is 5.06 Å². The van der Waals surface area contributed by atoms with Crippen LogP contribution in [0.25, 0.3) is 11.4 Å². The van der Waals surface area contributed by atoms with Crippen molar-refractivity contribution in [3.05, 3.63) is 35.7 Å². The normalized spacial score (nSPS) is 17.5. The van der Waals surface area contributed by atoms with E-state index in [1.54, 1.807) is 24.3 Å². The second-order valence-electron chi connectivity index (χ2n) is 5.82. The van der Waals surface area contributed by atoms with Crippen molar-refractivity contribution in [3.63, 3.8) is 0 Å². The molecule has 1 amide bonds. The molecule has 0 saturated carbocycles. The van der Waals surface area contributed by atoms with Gasteiger partial charge >= 0.3 is 12.1 Å². The average Bonchev–Trinajstić information content (AvgIpc) is 3.30. The molecule has 0 aliphatic carbocycles. The Hall–Kier alpha value is -2.46. The van der Waals surface area contributed by atoms with Crippen LogP contribution in [0, 0.1) is 0 Å². The number of carbonyl (C=O) groups excluding carboxylic acids is 1. The minimum Gasteiger partial charge on any atom is -0.329 e. The van der Waals surface area contributed by atoms with Crippen LogP contribution in [-0.2, 0) is 22.4 Å². The number of halogens is 3. The van der Waals surface area contributed by atoms with Crippen LogP contribution in [0.3, 0.4) is 0 Å². The van der Waals surface area contributed by atoms with Crippen LogP contribution in [-0.4, -0.2) is 40.8 Å². The maximum atomic E-state index is 12.5. The summed E-state index contributed by atoms with van der Waals surface area (Å²) in [4.78, 5) is 20.9. The summed E-state index contributed by atoms with van der Waals surface area (Å²) in [6.45, 7) is 1.01. The predicted molar refractivity (Wildman–Crippen MR) is 83.3 cm³/mol. The highest BCUT2D eigenvalue weighted by Gasteiger charge is 2.38. The van der Waals surface area contributed by atoms with Crippen LogP contribution < -0.4 is 5.32 Å². The smallest absolute Gasteiger partial charge is 0.329 e. The van der Waals surface area contributed by atoms with Crippen LogP contribution in [0.1, 0.15) is 24.3 Å². The van der Waals surface area contributed by atoms with E-state index in [0.717, 1.165) is 24.9 Å². The molecule has 1 saturated heterocycles. The molecule has 2 aromatic rings. The quantitative estimate of drug-likeness (QED) is 0.814. The monoisotopic (exact) mass is 370 g/mol. The lowest BCUT2D eigenvalue weighted by atomic mass is 10.1. The van der Waals surface area contributed by atoms with E-state index >= 15 is 0 Å². The molecule has 10 heteroatoms. The molecule has 1 aromatic heterocycles. The molecule has 1 atom stereocenters. The van der Waals surface area contributed by atoms with E-state index in [2.05, 4.69) is 20.0 Å². The van der Waals surface area contributed by atoms with Crippen molar-refractivity contribution >= 4 is 5.91 Å². The van der Waals surface area contributed by atoms with Gasteiger partial charge in [0.1, 0.15) is 0 Å². The molecule has 0 spiro atoms. The first kappa shape index (κ1) is 18.3.